The smallest absolute Gasteiger partial charge is 0.329 e. The van der Waals surface area contributed by atoms with Gasteiger partial charge in [0.15, 0.2) is 23.1 Å². The van der Waals surface area contributed by atoms with E-state index in [1.807, 2.05) is 44.2 Å². The highest BCUT2D eigenvalue weighted by Crippen LogP contribution is 2.38. The van der Waals surface area contributed by atoms with E-state index < -0.39 is 53.7 Å². The van der Waals surface area contributed by atoms with Gasteiger partial charge in [-0.05, 0) is 142 Å². The number of hydrogen-bond donors (Lipinski definition) is 1. The zero-order valence-electron chi connectivity index (χ0n) is 51.7. The first kappa shape index (κ1) is 67.9. The van der Waals surface area contributed by atoms with Crippen LogP contribution in [0.2, 0.25) is 0 Å². The Labute approximate surface area is 515 Å². The maximum absolute atomic E-state index is 14.5. The van der Waals surface area contributed by atoms with Crippen LogP contribution in [0.25, 0.3) is 0 Å². The number of benzene rings is 4. The molecule has 0 aliphatic carbocycles. The Morgan fingerprint density at radius 2 is 1.28 bits per heavy atom. The third-order valence-electron chi connectivity index (χ3n) is 15.8. The van der Waals surface area contributed by atoms with Crippen LogP contribution in [-0.4, -0.2) is 169 Å². The Morgan fingerprint density at radius 3 is 1.91 bits per heavy atom. The third-order valence-corrected chi connectivity index (χ3v) is 15.8. The molecule has 21 nitrogen and oxygen atoms in total. The fourth-order valence-electron chi connectivity index (χ4n) is 10.9. The Kier molecular flexibility index (Phi) is 26.9. The van der Waals surface area contributed by atoms with Crippen LogP contribution in [0.3, 0.4) is 0 Å². The van der Waals surface area contributed by atoms with Gasteiger partial charge in [0.25, 0.3) is 11.8 Å². The van der Waals surface area contributed by atoms with Crippen molar-refractivity contribution >= 4 is 47.1 Å². The molecule has 4 atom stereocenters. The van der Waals surface area contributed by atoms with Crippen LogP contribution in [-0.2, 0) is 63.6 Å². The first-order chi connectivity index (χ1) is 42.6. The molecule has 7 rings (SSSR count). The van der Waals surface area contributed by atoms with E-state index in [0.29, 0.717) is 128 Å². The molecule has 476 valence electrons. The van der Waals surface area contributed by atoms with Crippen molar-refractivity contribution < 1.29 is 85.7 Å². The average Bonchev–Trinajstić information content (AvgIpc) is 2.04. The molecule has 3 heterocycles. The molecule has 21 heteroatoms. The molecule has 4 aromatic rings. The van der Waals surface area contributed by atoms with Gasteiger partial charge in [0.05, 0.1) is 84.1 Å². The second kappa shape index (κ2) is 34.8. The molecule has 2 saturated heterocycles. The molecule has 1 N–H and O–H groups in total. The van der Waals surface area contributed by atoms with E-state index >= 15 is 0 Å². The van der Waals surface area contributed by atoms with Gasteiger partial charge in [0, 0.05) is 39.0 Å². The summed E-state index contributed by atoms with van der Waals surface area (Å²) in [6, 6.07) is 20.1. The van der Waals surface area contributed by atoms with Gasteiger partial charge in [-0.15, -0.1) is 0 Å². The summed E-state index contributed by atoms with van der Waals surface area (Å²) in [4.78, 5) is 107. The van der Waals surface area contributed by atoms with E-state index in [2.05, 4.69) is 37.4 Å². The van der Waals surface area contributed by atoms with Crippen molar-refractivity contribution in [2.45, 2.75) is 129 Å². The molecule has 2 fully saturated rings. The van der Waals surface area contributed by atoms with Gasteiger partial charge in [-0.25, -0.2) is 4.79 Å². The van der Waals surface area contributed by atoms with E-state index in [4.69, 9.17) is 47.4 Å². The van der Waals surface area contributed by atoms with Crippen molar-refractivity contribution in [3.63, 3.8) is 0 Å². The quantitative estimate of drug-likeness (QED) is 0.0253. The number of Topliss-reactive ketones (excluding diaryl/α,β-unsaturated/α-hetero) is 2. The largest absolute Gasteiger partial charge is 0.493 e. The molecule has 88 heavy (non-hydrogen) atoms. The monoisotopic (exact) mass is 1220 g/mol. The highest BCUT2D eigenvalue weighted by molar-refractivity contribution is 6.24. The fourth-order valence-corrected chi connectivity index (χ4v) is 10.9. The van der Waals surface area contributed by atoms with E-state index in [1.54, 1.807) is 25.2 Å². The fraction of sp³-hybridized carbons (Fsp3) is 0.522. The number of likely N-dealkylation sites (tertiary alicyclic amines) is 1. The van der Waals surface area contributed by atoms with Crippen LogP contribution in [0, 0.1) is 20.8 Å². The zero-order valence-corrected chi connectivity index (χ0v) is 51.7. The van der Waals surface area contributed by atoms with E-state index in [1.165, 1.54) is 29.3 Å². The number of piperidine rings is 2. The molecule has 2 unspecified atom stereocenters. The number of nitrogens with zero attached hydrogens (tertiary/aromatic N) is 2. The number of amides is 5. The third kappa shape index (κ3) is 19.2. The number of ether oxygens (including phenoxy) is 10. The molecule has 0 radical (unpaired) electrons. The number of rotatable bonds is 38. The minimum Gasteiger partial charge on any atom is -0.493 e. The molecule has 3 aliphatic rings. The summed E-state index contributed by atoms with van der Waals surface area (Å²) in [7, 11) is 3.16. The van der Waals surface area contributed by atoms with Gasteiger partial charge in [0.2, 0.25) is 17.7 Å². The van der Waals surface area contributed by atoms with Gasteiger partial charge < -0.3 is 52.3 Å². The summed E-state index contributed by atoms with van der Waals surface area (Å²) in [5.74, 6) is -2.21. The number of esters is 1. The van der Waals surface area contributed by atoms with Crippen LogP contribution in [0.1, 0.15) is 144 Å². The van der Waals surface area contributed by atoms with Crippen molar-refractivity contribution in [1.29, 1.82) is 0 Å². The van der Waals surface area contributed by atoms with Gasteiger partial charge >= 0.3 is 5.97 Å². The molecule has 5 amide bonds. The average molecular weight is 1220 g/mol. The number of ketones is 2. The van der Waals surface area contributed by atoms with Crippen LogP contribution in [0.5, 0.6) is 23.0 Å². The Balaban J connectivity index is 0.727. The van der Waals surface area contributed by atoms with Crippen molar-refractivity contribution in [1.82, 2.24) is 15.1 Å². The lowest BCUT2D eigenvalue weighted by Crippen LogP contribution is -2.54. The summed E-state index contributed by atoms with van der Waals surface area (Å²) >= 11 is 0. The van der Waals surface area contributed by atoms with Crippen LogP contribution in [0.4, 0.5) is 0 Å². The highest BCUT2D eigenvalue weighted by Gasteiger charge is 2.46. The van der Waals surface area contributed by atoms with Crippen molar-refractivity contribution in [2.75, 3.05) is 100 Å². The van der Waals surface area contributed by atoms with Crippen LogP contribution in [0.15, 0.2) is 72.8 Å². The molecule has 4 aromatic carbocycles. The second-order valence-corrected chi connectivity index (χ2v) is 22.1. The number of carbonyl (C=O) groups excluding carboxylic acids is 8. The molecule has 0 saturated carbocycles. The molecule has 0 spiro atoms. The van der Waals surface area contributed by atoms with Gasteiger partial charge in [0.1, 0.15) is 42.9 Å². The van der Waals surface area contributed by atoms with Crippen LogP contribution < -0.4 is 24.3 Å². The predicted molar refractivity (Wildman–Crippen MR) is 323 cm³/mol. The second-order valence-electron chi connectivity index (χ2n) is 22.1. The summed E-state index contributed by atoms with van der Waals surface area (Å²) in [5, 5.41) is 2.16. The summed E-state index contributed by atoms with van der Waals surface area (Å²) in [6.45, 7) is 11.6. The maximum atomic E-state index is 14.5. The molecule has 0 aromatic heterocycles. The Bertz CT molecular complexity index is 3050. The lowest BCUT2D eigenvalue weighted by Gasteiger charge is -2.37. The standard InChI is InChI=1S/C67H85N3O18/c1-7-53(49-39-46(4)62(80-6)59(41-49)79-5)64(75)69-27-9-8-19-56(69)67(78)88-57(25-23-47-22-21-44(2)45(3)38-47)48-14-10-17-52(40-48)86-42-50(71)15-12-28-81-30-32-83-34-36-85-37-35-84-33-31-82-29-13-16-51(72)43-87-58-20-11-18-54-61(58)66(77)70(65(54)76)55-24-26-60(73)68-63(55)74/h10-11,14,17-18,20-22,38-41,53,55-57H,7-9,12-13,15-16,19,23-37,42-43H2,1-6H3,(H,68,73,74)/t53-,55?,56-,57?/m0/s1. The minimum atomic E-state index is -1.11. The molecular weight excluding hydrogens is 1130 g/mol. The number of imide groups is 2. The number of carbonyl (C=O) groups is 8. The zero-order chi connectivity index (χ0) is 63.0. The van der Waals surface area contributed by atoms with E-state index in [0.717, 1.165) is 40.0 Å². The normalized spacial score (nSPS) is 16.4. The lowest BCUT2D eigenvalue weighted by molar-refractivity contribution is -0.162. The molecule has 3 aliphatic heterocycles. The van der Waals surface area contributed by atoms with Crippen molar-refractivity contribution in [3.8, 4) is 23.0 Å². The van der Waals surface area contributed by atoms with Crippen LogP contribution >= 0.6 is 0 Å². The summed E-state index contributed by atoms with van der Waals surface area (Å²) in [6.07, 6.45) is 4.50. The topological polar surface area (TPSA) is 247 Å². The van der Waals surface area contributed by atoms with E-state index in [-0.39, 0.29) is 73.2 Å². The van der Waals surface area contributed by atoms with Crippen molar-refractivity contribution in [3.05, 3.63) is 117 Å². The number of nitrogens with one attached hydrogen (secondary N) is 1. The first-order valence-electron chi connectivity index (χ1n) is 30.5. The summed E-state index contributed by atoms with van der Waals surface area (Å²) in [5.41, 5.74) is 5.93. The number of methoxy groups -OCH3 is 2. The SMILES string of the molecule is CC[C@H](C(=O)N1CCCC[C@H]1C(=O)OC(CCc1ccc(C)c(C)c1)c1cccc(OCC(=O)CCCOCCOCCOCCOCCOCCCC(=O)COc2cccc3c2C(=O)N(C2CCC(=O)NC2=O)C3=O)c1)c1cc(C)c(OC)c(OC)c1. The van der Waals surface area contributed by atoms with Gasteiger partial charge in [-0.2, -0.15) is 0 Å². The Hall–Kier alpha value is -7.56. The van der Waals surface area contributed by atoms with Gasteiger partial charge in [-0.1, -0.05) is 49.4 Å². The first-order valence-corrected chi connectivity index (χ1v) is 30.5. The number of fused-ring (bicyclic) bond motifs is 1. The molecular formula is C67H85N3O18. The van der Waals surface area contributed by atoms with Crippen molar-refractivity contribution in [2.24, 2.45) is 0 Å². The highest BCUT2D eigenvalue weighted by atomic mass is 16.6. The maximum Gasteiger partial charge on any atom is 0.329 e. The Morgan fingerprint density at radius 1 is 0.636 bits per heavy atom. The minimum absolute atomic E-state index is 0.00473. The predicted octanol–water partition coefficient (Wildman–Crippen LogP) is 8.06. The lowest BCUT2D eigenvalue weighted by atomic mass is 9.91. The van der Waals surface area contributed by atoms with E-state index in [9.17, 15) is 38.4 Å². The number of hydrogen-bond acceptors (Lipinski definition) is 18. The summed E-state index contributed by atoms with van der Waals surface area (Å²) < 4.78 is 57.2. The number of aryl methyl sites for hydroxylation is 4. The molecule has 0 bridgehead atoms. The van der Waals surface area contributed by atoms with Gasteiger partial charge in [-0.3, -0.25) is 43.8 Å².